The minimum Gasteiger partial charge on any atom is -0.339 e. The molecule has 22 heavy (non-hydrogen) atoms. The summed E-state index contributed by atoms with van der Waals surface area (Å²) in [4.78, 5) is 25.3. The highest BCUT2D eigenvalue weighted by atomic mass is 35.5. The maximum Gasteiger partial charge on any atom is 0.245 e. The van der Waals surface area contributed by atoms with E-state index in [0.717, 1.165) is 0 Å². The summed E-state index contributed by atoms with van der Waals surface area (Å²) in [6.07, 6.45) is 2.39. The Kier molecular flexibility index (Phi) is 5.42. The fourth-order valence-corrected chi connectivity index (χ4v) is 2.85. The summed E-state index contributed by atoms with van der Waals surface area (Å²) >= 11 is 11.4. The Hall–Kier alpha value is -1.59. The zero-order valence-corrected chi connectivity index (χ0v) is 13.3. The number of carbonyl (C=O) groups is 2. The van der Waals surface area contributed by atoms with E-state index in [1.165, 1.54) is 18.2 Å². The van der Waals surface area contributed by atoms with Gasteiger partial charge in [0.1, 0.15) is 0 Å². The first-order valence-corrected chi connectivity index (χ1v) is 7.54. The molecule has 0 aromatic heterocycles. The second-order valence-electron chi connectivity index (χ2n) is 5.05. The minimum atomic E-state index is -0.711. The third-order valence-corrected chi connectivity index (χ3v) is 4.15. The Morgan fingerprint density at radius 3 is 2.32 bits per heavy atom. The van der Waals surface area contributed by atoms with Crippen LogP contribution >= 0.6 is 23.2 Å². The average molecular weight is 345 g/mol. The highest BCUT2D eigenvalue weighted by molar-refractivity contribution is 6.35. The third-order valence-electron chi connectivity index (χ3n) is 3.60. The number of carbonyl (C=O) groups excluding carboxylic acids is 2. The SMILES string of the molecule is C=CC(=O)N1CCC(C(=O)Nc2cc(Cl)c(F)c(Cl)c2)CC1. The van der Waals surface area contributed by atoms with E-state index in [4.69, 9.17) is 23.2 Å². The number of piperidine rings is 1. The number of likely N-dealkylation sites (tertiary alicyclic amines) is 1. The number of nitrogens with zero attached hydrogens (tertiary/aromatic N) is 1. The number of benzene rings is 1. The normalized spacial score (nSPS) is 15.5. The Labute approximate surface area is 137 Å². The molecule has 0 unspecified atom stereocenters. The van der Waals surface area contributed by atoms with Crippen molar-refractivity contribution in [3.63, 3.8) is 0 Å². The van der Waals surface area contributed by atoms with Crippen LogP contribution in [0.5, 0.6) is 0 Å². The molecular formula is C15H15Cl2FN2O2. The molecule has 1 aliphatic heterocycles. The van der Waals surface area contributed by atoms with Crippen LogP contribution in [0.3, 0.4) is 0 Å². The first-order valence-electron chi connectivity index (χ1n) is 6.79. The summed E-state index contributed by atoms with van der Waals surface area (Å²) in [5.41, 5.74) is 0.353. The number of halogens is 3. The van der Waals surface area contributed by atoms with Gasteiger partial charge in [0, 0.05) is 24.7 Å². The van der Waals surface area contributed by atoms with Gasteiger partial charge in [0.2, 0.25) is 11.8 Å². The van der Waals surface area contributed by atoms with Crippen molar-refractivity contribution in [2.75, 3.05) is 18.4 Å². The molecule has 118 valence electrons. The van der Waals surface area contributed by atoms with Crippen LogP contribution in [0.4, 0.5) is 10.1 Å². The van der Waals surface area contributed by atoms with Crippen LogP contribution in [0, 0.1) is 11.7 Å². The first kappa shape index (κ1) is 16.8. The highest BCUT2D eigenvalue weighted by Gasteiger charge is 2.26. The predicted molar refractivity (Wildman–Crippen MR) is 84.6 cm³/mol. The second kappa shape index (κ2) is 7.11. The summed E-state index contributed by atoms with van der Waals surface area (Å²) < 4.78 is 13.3. The van der Waals surface area contributed by atoms with Gasteiger partial charge in [-0.05, 0) is 31.1 Å². The summed E-state index contributed by atoms with van der Waals surface area (Å²) in [6, 6.07) is 2.63. The number of rotatable bonds is 3. The van der Waals surface area contributed by atoms with Crippen molar-refractivity contribution in [1.82, 2.24) is 4.90 Å². The Morgan fingerprint density at radius 1 is 1.27 bits per heavy atom. The maximum atomic E-state index is 13.3. The minimum absolute atomic E-state index is 0.129. The van der Waals surface area contributed by atoms with E-state index in [0.29, 0.717) is 31.6 Å². The number of hydrogen-bond acceptors (Lipinski definition) is 2. The fraction of sp³-hybridized carbons (Fsp3) is 0.333. The summed E-state index contributed by atoms with van der Waals surface area (Å²) in [6.45, 7) is 4.46. The molecule has 2 rings (SSSR count). The molecule has 4 nitrogen and oxygen atoms in total. The van der Waals surface area contributed by atoms with Crippen molar-refractivity contribution < 1.29 is 14.0 Å². The molecule has 0 atom stereocenters. The number of anilines is 1. The van der Waals surface area contributed by atoms with Crippen LogP contribution in [-0.4, -0.2) is 29.8 Å². The fourth-order valence-electron chi connectivity index (χ4n) is 2.36. The molecule has 0 spiro atoms. The van der Waals surface area contributed by atoms with Crippen molar-refractivity contribution in [3.8, 4) is 0 Å². The van der Waals surface area contributed by atoms with Gasteiger partial charge in [0.15, 0.2) is 5.82 Å². The summed E-state index contributed by atoms with van der Waals surface area (Å²) in [5, 5.41) is 2.39. The van der Waals surface area contributed by atoms with Gasteiger partial charge in [-0.2, -0.15) is 0 Å². The quantitative estimate of drug-likeness (QED) is 0.673. The van der Waals surface area contributed by atoms with Crippen LogP contribution in [0.1, 0.15) is 12.8 Å². The zero-order valence-electron chi connectivity index (χ0n) is 11.7. The lowest BCUT2D eigenvalue weighted by molar-refractivity contribution is -0.130. The van der Waals surface area contributed by atoms with Gasteiger partial charge in [-0.15, -0.1) is 0 Å². The van der Waals surface area contributed by atoms with Gasteiger partial charge in [-0.25, -0.2) is 4.39 Å². The van der Waals surface area contributed by atoms with E-state index in [-0.39, 0.29) is 27.8 Å². The lowest BCUT2D eigenvalue weighted by atomic mass is 9.95. The smallest absolute Gasteiger partial charge is 0.245 e. The van der Waals surface area contributed by atoms with E-state index in [1.54, 1.807) is 4.90 Å². The molecule has 1 saturated heterocycles. The maximum absolute atomic E-state index is 13.3. The van der Waals surface area contributed by atoms with E-state index in [2.05, 4.69) is 11.9 Å². The number of hydrogen-bond donors (Lipinski definition) is 1. The van der Waals surface area contributed by atoms with Gasteiger partial charge in [-0.1, -0.05) is 29.8 Å². The zero-order chi connectivity index (χ0) is 16.3. The van der Waals surface area contributed by atoms with Crippen LogP contribution < -0.4 is 5.32 Å². The lowest BCUT2D eigenvalue weighted by Gasteiger charge is -2.30. The Morgan fingerprint density at radius 2 is 1.82 bits per heavy atom. The topological polar surface area (TPSA) is 49.4 Å². The summed E-state index contributed by atoms with van der Waals surface area (Å²) in [7, 11) is 0. The van der Waals surface area contributed by atoms with E-state index >= 15 is 0 Å². The van der Waals surface area contributed by atoms with Gasteiger partial charge >= 0.3 is 0 Å². The van der Waals surface area contributed by atoms with E-state index in [1.807, 2.05) is 0 Å². The first-order chi connectivity index (χ1) is 10.4. The number of amides is 2. The molecule has 0 saturated carbocycles. The molecule has 1 fully saturated rings. The van der Waals surface area contributed by atoms with Gasteiger partial charge < -0.3 is 10.2 Å². The third kappa shape index (κ3) is 3.78. The average Bonchev–Trinajstić information content (AvgIpc) is 2.51. The molecule has 7 heteroatoms. The van der Waals surface area contributed by atoms with Crippen molar-refractivity contribution >= 4 is 40.7 Å². The molecule has 0 aliphatic carbocycles. The van der Waals surface area contributed by atoms with E-state index < -0.39 is 5.82 Å². The second-order valence-corrected chi connectivity index (χ2v) is 5.86. The van der Waals surface area contributed by atoms with Crippen LogP contribution in [0.15, 0.2) is 24.8 Å². The lowest BCUT2D eigenvalue weighted by Crippen LogP contribution is -2.40. The van der Waals surface area contributed by atoms with Crippen molar-refractivity contribution in [2.24, 2.45) is 5.92 Å². The van der Waals surface area contributed by atoms with Crippen molar-refractivity contribution in [1.29, 1.82) is 0 Å². The standard InChI is InChI=1S/C15H15Cl2FN2O2/c1-2-13(21)20-5-3-9(4-6-20)15(22)19-10-7-11(16)14(18)12(17)8-10/h2,7-9H,1,3-6H2,(H,19,22). The van der Waals surface area contributed by atoms with Crippen LogP contribution in [0.2, 0.25) is 10.0 Å². The van der Waals surface area contributed by atoms with Gasteiger partial charge in [0.25, 0.3) is 0 Å². The number of nitrogens with one attached hydrogen (secondary N) is 1. The predicted octanol–water partition coefficient (Wildman–Crippen LogP) is 3.50. The van der Waals surface area contributed by atoms with Crippen molar-refractivity contribution in [3.05, 3.63) is 40.7 Å². The largest absolute Gasteiger partial charge is 0.339 e. The van der Waals surface area contributed by atoms with Gasteiger partial charge in [0.05, 0.1) is 10.0 Å². The molecule has 1 aliphatic rings. The van der Waals surface area contributed by atoms with Gasteiger partial charge in [-0.3, -0.25) is 9.59 Å². The van der Waals surface area contributed by atoms with Crippen LogP contribution in [-0.2, 0) is 9.59 Å². The highest BCUT2D eigenvalue weighted by Crippen LogP contribution is 2.28. The molecule has 1 aromatic rings. The Balaban J connectivity index is 1.96. The molecule has 0 radical (unpaired) electrons. The van der Waals surface area contributed by atoms with Crippen molar-refractivity contribution in [2.45, 2.75) is 12.8 Å². The van der Waals surface area contributed by atoms with Crippen LogP contribution in [0.25, 0.3) is 0 Å². The molecule has 1 N–H and O–H groups in total. The molecule has 1 heterocycles. The molecule has 0 bridgehead atoms. The Bertz CT molecular complexity index is 591. The molecule has 2 amide bonds. The molecular weight excluding hydrogens is 330 g/mol. The molecule has 1 aromatic carbocycles. The monoisotopic (exact) mass is 344 g/mol. The van der Waals surface area contributed by atoms with E-state index in [9.17, 15) is 14.0 Å². The summed E-state index contributed by atoms with van der Waals surface area (Å²) in [5.74, 6) is -1.24.